The number of hydrogen-bond donors (Lipinski definition) is 1. The lowest BCUT2D eigenvalue weighted by Gasteiger charge is -2.38. The quantitative estimate of drug-likeness (QED) is 0.838. The Morgan fingerprint density at radius 2 is 2.07 bits per heavy atom. The topological polar surface area (TPSA) is 37.3 Å². The van der Waals surface area contributed by atoms with Crippen LogP contribution in [0.4, 0.5) is 0 Å². The van der Waals surface area contributed by atoms with Crippen molar-refractivity contribution in [2.24, 2.45) is 0 Å². The van der Waals surface area contributed by atoms with Gasteiger partial charge in [-0.1, -0.05) is 24.1 Å². The van der Waals surface area contributed by atoms with Gasteiger partial charge in [0.2, 0.25) is 0 Å². The second-order valence-electron chi connectivity index (χ2n) is 4.26. The second-order valence-corrected chi connectivity index (χ2v) is 4.69. The van der Waals surface area contributed by atoms with Crippen LogP contribution < -0.4 is 0 Å². The minimum absolute atomic E-state index is 0.623. The Balaban J connectivity index is 2.47. The summed E-state index contributed by atoms with van der Waals surface area (Å²) in [4.78, 5) is 11.3. The number of carboxylic acid groups (broad SMARTS) is 1. The fourth-order valence-corrected chi connectivity index (χ4v) is 2.46. The molecule has 0 heterocycles. The van der Waals surface area contributed by atoms with Crippen LogP contribution in [0.25, 0.3) is 0 Å². The maximum atomic E-state index is 11.3. The van der Waals surface area contributed by atoms with Crippen molar-refractivity contribution in [2.75, 3.05) is 0 Å². The SMILES string of the molecule is Cc1cc(Cl)cc(C2(C(=O)O)CCC2)c1. The van der Waals surface area contributed by atoms with Gasteiger partial charge in [-0.2, -0.15) is 0 Å². The first-order valence-electron chi connectivity index (χ1n) is 5.06. The van der Waals surface area contributed by atoms with E-state index in [9.17, 15) is 9.90 Å². The first-order chi connectivity index (χ1) is 7.04. The van der Waals surface area contributed by atoms with Crippen molar-refractivity contribution < 1.29 is 9.90 Å². The Morgan fingerprint density at radius 3 is 2.47 bits per heavy atom. The van der Waals surface area contributed by atoms with Crippen molar-refractivity contribution in [2.45, 2.75) is 31.6 Å². The monoisotopic (exact) mass is 224 g/mol. The lowest BCUT2D eigenvalue weighted by atomic mass is 9.64. The minimum atomic E-state index is -0.726. The van der Waals surface area contributed by atoms with Crippen LogP contribution in [0.15, 0.2) is 18.2 Å². The molecule has 0 spiro atoms. The molecule has 0 saturated heterocycles. The van der Waals surface area contributed by atoms with Gasteiger partial charge < -0.3 is 5.11 Å². The maximum Gasteiger partial charge on any atom is 0.314 e. The van der Waals surface area contributed by atoms with E-state index in [4.69, 9.17) is 11.6 Å². The number of halogens is 1. The Labute approximate surface area is 93.9 Å². The van der Waals surface area contributed by atoms with Crippen LogP contribution in [0.2, 0.25) is 5.02 Å². The predicted molar refractivity (Wildman–Crippen MR) is 59.4 cm³/mol. The highest BCUT2D eigenvalue weighted by atomic mass is 35.5. The molecule has 1 fully saturated rings. The van der Waals surface area contributed by atoms with Crippen molar-refractivity contribution in [3.05, 3.63) is 34.3 Å². The van der Waals surface area contributed by atoms with Gasteiger partial charge in [0.15, 0.2) is 0 Å². The molecule has 80 valence electrons. The van der Waals surface area contributed by atoms with Gasteiger partial charge in [0.1, 0.15) is 0 Å². The van der Waals surface area contributed by atoms with Crippen LogP contribution in [0, 0.1) is 6.92 Å². The van der Waals surface area contributed by atoms with Crippen molar-refractivity contribution in [3.8, 4) is 0 Å². The molecule has 1 saturated carbocycles. The smallest absolute Gasteiger partial charge is 0.314 e. The maximum absolute atomic E-state index is 11.3. The largest absolute Gasteiger partial charge is 0.481 e. The molecule has 1 N–H and O–H groups in total. The van der Waals surface area contributed by atoms with Crippen LogP contribution >= 0.6 is 11.6 Å². The van der Waals surface area contributed by atoms with Gasteiger partial charge in [0.25, 0.3) is 0 Å². The van der Waals surface area contributed by atoms with Gasteiger partial charge in [-0.05, 0) is 43.0 Å². The third-order valence-corrected chi connectivity index (χ3v) is 3.43. The summed E-state index contributed by atoms with van der Waals surface area (Å²) in [5.74, 6) is -0.726. The van der Waals surface area contributed by atoms with Gasteiger partial charge in [-0.15, -0.1) is 0 Å². The summed E-state index contributed by atoms with van der Waals surface area (Å²) in [6, 6.07) is 5.56. The van der Waals surface area contributed by atoms with E-state index in [1.165, 1.54) is 0 Å². The van der Waals surface area contributed by atoms with E-state index in [-0.39, 0.29) is 0 Å². The van der Waals surface area contributed by atoms with E-state index >= 15 is 0 Å². The predicted octanol–water partition coefficient (Wildman–Crippen LogP) is 3.15. The molecular weight excluding hydrogens is 212 g/mol. The molecule has 2 rings (SSSR count). The molecule has 2 nitrogen and oxygen atoms in total. The molecule has 15 heavy (non-hydrogen) atoms. The van der Waals surface area contributed by atoms with E-state index in [0.717, 1.165) is 30.4 Å². The van der Waals surface area contributed by atoms with Gasteiger partial charge >= 0.3 is 5.97 Å². The third kappa shape index (κ3) is 1.63. The van der Waals surface area contributed by atoms with Crippen LogP contribution in [0.1, 0.15) is 30.4 Å². The van der Waals surface area contributed by atoms with E-state index in [1.54, 1.807) is 6.07 Å². The molecule has 0 bridgehead atoms. The zero-order chi connectivity index (χ0) is 11.1. The highest BCUT2D eigenvalue weighted by Crippen LogP contribution is 2.44. The molecule has 1 aromatic carbocycles. The summed E-state index contributed by atoms with van der Waals surface area (Å²) >= 11 is 5.95. The average Bonchev–Trinajstić information content (AvgIpc) is 1.97. The summed E-state index contributed by atoms with van der Waals surface area (Å²) in [6.45, 7) is 1.93. The van der Waals surface area contributed by atoms with Crippen LogP contribution in [-0.4, -0.2) is 11.1 Å². The first kappa shape index (κ1) is 10.5. The number of benzene rings is 1. The highest BCUT2D eigenvalue weighted by molar-refractivity contribution is 6.30. The third-order valence-electron chi connectivity index (χ3n) is 3.21. The van der Waals surface area contributed by atoms with Crippen LogP contribution in [0.3, 0.4) is 0 Å². The molecule has 0 aliphatic heterocycles. The van der Waals surface area contributed by atoms with Crippen LogP contribution in [-0.2, 0) is 10.2 Å². The number of carboxylic acids is 1. The minimum Gasteiger partial charge on any atom is -0.481 e. The first-order valence-corrected chi connectivity index (χ1v) is 5.43. The molecule has 3 heteroatoms. The summed E-state index contributed by atoms with van der Waals surface area (Å²) in [6.07, 6.45) is 2.43. The van der Waals surface area contributed by atoms with Crippen molar-refractivity contribution in [1.82, 2.24) is 0 Å². The highest BCUT2D eigenvalue weighted by Gasteiger charge is 2.46. The Hall–Kier alpha value is -1.02. The molecule has 0 atom stereocenters. The van der Waals surface area contributed by atoms with Crippen molar-refractivity contribution in [1.29, 1.82) is 0 Å². The number of hydrogen-bond acceptors (Lipinski definition) is 1. The Morgan fingerprint density at radius 1 is 1.40 bits per heavy atom. The van der Waals surface area contributed by atoms with Gasteiger partial charge in [0.05, 0.1) is 5.41 Å². The van der Waals surface area contributed by atoms with Crippen molar-refractivity contribution in [3.63, 3.8) is 0 Å². The fourth-order valence-electron chi connectivity index (χ4n) is 2.17. The van der Waals surface area contributed by atoms with Crippen molar-refractivity contribution >= 4 is 17.6 Å². The number of carbonyl (C=O) groups is 1. The van der Waals surface area contributed by atoms with Gasteiger partial charge in [-0.25, -0.2) is 0 Å². The van der Waals surface area contributed by atoms with Gasteiger partial charge in [-0.3, -0.25) is 4.79 Å². The Kier molecular flexibility index (Phi) is 2.47. The molecule has 0 radical (unpaired) electrons. The number of rotatable bonds is 2. The molecule has 0 unspecified atom stereocenters. The normalized spacial score (nSPS) is 18.3. The zero-order valence-electron chi connectivity index (χ0n) is 8.59. The zero-order valence-corrected chi connectivity index (χ0v) is 9.34. The van der Waals surface area contributed by atoms with Gasteiger partial charge in [0, 0.05) is 5.02 Å². The lowest BCUT2D eigenvalue weighted by Crippen LogP contribution is -2.42. The average molecular weight is 225 g/mol. The molecule has 0 aromatic heterocycles. The number of aryl methyl sites for hydroxylation is 1. The number of aliphatic carboxylic acids is 1. The summed E-state index contributed by atoms with van der Waals surface area (Å²) in [5.41, 5.74) is 1.20. The molecule has 1 aliphatic rings. The summed E-state index contributed by atoms with van der Waals surface area (Å²) in [5, 5.41) is 9.90. The molecule has 1 aromatic rings. The molecular formula is C12H13ClO2. The van der Waals surface area contributed by atoms with E-state index in [1.807, 2.05) is 19.1 Å². The lowest BCUT2D eigenvalue weighted by molar-refractivity contribution is -0.147. The fraction of sp³-hybridized carbons (Fsp3) is 0.417. The molecule has 0 amide bonds. The van der Waals surface area contributed by atoms with Crippen LogP contribution in [0.5, 0.6) is 0 Å². The van der Waals surface area contributed by atoms with E-state index in [2.05, 4.69) is 0 Å². The second kappa shape index (κ2) is 3.53. The Bertz CT molecular complexity index is 388. The standard InChI is InChI=1S/C12H13ClO2/c1-8-5-9(7-10(13)6-8)12(11(14)15)3-2-4-12/h5-7H,2-4H2,1H3,(H,14,15). The van der Waals surface area contributed by atoms with E-state index in [0.29, 0.717) is 5.02 Å². The molecule has 1 aliphatic carbocycles. The summed E-state index contributed by atoms with van der Waals surface area (Å²) in [7, 11) is 0. The van der Waals surface area contributed by atoms with E-state index < -0.39 is 11.4 Å². The summed E-state index contributed by atoms with van der Waals surface area (Å²) < 4.78 is 0.